The number of amides is 1. The normalized spacial score (nSPS) is 12.1. The number of benzene rings is 2. The lowest BCUT2D eigenvalue weighted by Gasteiger charge is -2.11. The van der Waals surface area contributed by atoms with Crippen LogP contribution in [0.1, 0.15) is 11.1 Å². The number of halogens is 2. The second-order valence-corrected chi connectivity index (χ2v) is 6.31. The first-order chi connectivity index (χ1) is 13.0. The number of carbonyl (C=O) groups is 1. The van der Waals surface area contributed by atoms with Crippen molar-refractivity contribution < 1.29 is 18.7 Å². The van der Waals surface area contributed by atoms with Crippen LogP contribution in [0, 0.1) is 5.82 Å². The number of thiocarbonyl (C=S) groups is 1. The summed E-state index contributed by atoms with van der Waals surface area (Å²) in [7, 11) is 0. The van der Waals surface area contributed by atoms with E-state index in [4.69, 9.17) is 33.3 Å². The largest absolute Gasteiger partial charge is 0.454 e. The van der Waals surface area contributed by atoms with E-state index in [9.17, 15) is 9.18 Å². The monoisotopic (exact) mass is 407 g/mol. The van der Waals surface area contributed by atoms with Gasteiger partial charge < -0.3 is 14.8 Å². The Morgan fingerprint density at radius 3 is 2.81 bits per heavy atom. The van der Waals surface area contributed by atoms with E-state index in [-0.39, 0.29) is 16.9 Å². The van der Waals surface area contributed by atoms with Crippen molar-refractivity contribution in [3.63, 3.8) is 0 Å². The van der Waals surface area contributed by atoms with Gasteiger partial charge in [-0.25, -0.2) is 4.39 Å². The molecule has 1 aliphatic heterocycles. The van der Waals surface area contributed by atoms with Gasteiger partial charge in [-0.1, -0.05) is 23.7 Å². The Bertz CT molecular complexity index is 907. The van der Waals surface area contributed by atoms with Crippen LogP contribution in [-0.4, -0.2) is 17.8 Å². The van der Waals surface area contributed by atoms with Crippen LogP contribution in [0.25, 0.3) is 6.08 Å². The average Bonchev–Trinajstić information content (AvgIpc) is 3.13. The van der Waals surface area contributed by atoms with Gasteiger partial charge in [-0.2, -0.15) is 0 Å². The molecule has 1 amide bonds. The zero-order valence-corrected chi connectivity index (χ0v) is 15.5. The maximum absolute atomic E-state index is 13.1. The molecule has 0 saturated carbocycles. The molecule has 0 atom stereocenters. The summed E-state index contributed by atoms with van der Waals surface area (Å²) in [5, 5.41) is 3.20. The van der Waals surface area contributed by atoms with E-state index in [2.05, 4.69) is 16.2 Å². The van der Waals surface area contributed by atoms with Crippen LogP contribution in [-0.2, 0) is 11.3 Å². The highest BCUT2D eigenvalue weighted by Crippen LogP contribution is 2.32. The van der Waals surface area contributed by atoms with Crippen LogP contribution in [0.3, 0.4) is 0 Å². The predicted molar refractivity (Wildman–Crippen MR) is 104 cm³/mol. The van der Waals surface area contributed by atoms with Gasteiger partial charge in [0.1, 0.15) is 5.82 Å². The number of ether oxygens (including phenoxy) is 2. The third-order valence-corrected chi connectivity index (χ3v) is 4.10. The van der Waals surface area contributed by atoms with Crippen molar-refractivity contribution in [3.05, 3.63) is 64.4 Å². The van der Waals surface area contributed by atoms with Crippen LogP contribution < -0.4 is 25.6 Å². The number of carbonyl (C=O) groups excluding carboxylic acids is 1. The summed E-state index contributed by atoms with van der Waals surface area (Å²) < 4.78 is 23.6. The summed E-state index contributed by atoms with van der Waals surface area (Å²) in [6.07, 6.45) is 2.78. The molecule has 0 aliphatic carbocycles. The standard InChI is InChI=1S/C18H15ClFN3O3S/c19-13-7-11(1-4-14(13)20)3-6-17(24)22-23-18(27)21-9-12-2-5-15-16(8-12)26-10-25-15/h1-8H,9-10H2,(H,22,24)(H2,21,23,27)/b6-3+. The molecule has 6 nitrogen and oxygen atoms in total. The van der Waals surface area contributed by atoms with E-state index in [1.54, 1.807) is 0 Å². The minimum absolute atomic E-state index is 0.00965. The maximum atomic E-state index is 13.1. The van der Waals surface area contributed by atoms with E-state index in [1.807, 2.05) is 18.2 Å². The van der Waals surface area contributed by atoms with Crippen molar-refractivity contribution in [3.8, 4) is 11.5 Å². The van der Waals surface area contributed by atoms with Gasteiger partial charge in [-0.05, 0) is 53.7 Å². The van der Waals surface area contributed by atoms with Crippen molar-refractivity contribution >= 4 is 40.9 Å². The number of hydrazine groups is 1. The summed E-state index contributed by atoms with van der Waals surface area (Å²) in [4.78, 5) is 11.8. The average molecular weight is 408 g/mol. The Labute approximate surface area is 165 Å². The Morgan fingerprint density at radius 1 is 1.19 bits per heavy atom. The van der Waals surface area contributed by atoms with Gasteiger partial charge in [0.25, 0.3) is 5.91 Å². The molecule has 0 spiro atoms. The summed E-state index contributed by atoms with van der Waals surface area (Å²) in [5.41, 5.74) is 6.56. The highest BCUT2D eigenvalue weighted by molar-refractivity contribution is 7.80. The van der Waals surface area contributed by atoms with Gasteiger partial charge in [0.15, 0.2) is 16.6 Å². The lowest BCUT2D eigenvalue weighted by atomic mass is 10.2. The second kappa shape index (κ2) is 8.70. The Kier molecular flexibility index (Phi) is 6.10. The molecule has 0 bridgehead atoms. The second-order valence-electron chi connectivity index (χ2n) is 5.49. The molecule has 9 heteroatoms. The molecule has 0 aromatic heterocycles. The molecule has 27 heavy (non-hydrogen) atoms. The number of hydrogen-bond acceptors (Lipinski definition) is 4. The maximum Gasteiger partial charge on any atom is 0.262 e. The molecule has 3 N–H and O–H groups in total. The van der Waals surface area contributed by atoms with Crippen LogP contribution in [0.15, 0.2) is 42.5 Å². The van der Waals surface area contributed by atoms with Gasteiger partial charge in [-0.15, -0.1) is 0 Å². The van der Waals surface area contributed by atoms with Gasteiger partial charge >= 0.3 is 0 Å². The topological polar surface area (TPSA) is 71.6 Å². The lowest BCUT2D eigenvalue weighted by Crippen LogP contribution is -2.45. The van der Waals surface area contributed by atoms with Gasteiger partial charge in [-0.3, -0.25) is 15.6 Å². The number of rotatable bonds is 4. The molecule has 0 saturated heterocycles. The number of hydrogen-bond donors (Lipinski definition) is 3. The fraction of sp³-hybridized carbons (Fsp3) is 0.111. The van der Waals surface area contributed by atoms with Crippen molar-refractivity contribution in [2.75, 3.05) is 6.79 Å². The van der Waals surface area contributed by atoms with Gasteiger partial charge in [0.05, 0.1) is 5.02 Å². The molecule has 3 rings (SSSR count). The van der Waals surface area contributed by atoms with Crippen LogP contribution >= 0.6 is 23.8 Å². The first-order valence-corrected chi connectivity index (χ1v) is 8.65. The summed E-state index contributed by atoms with van der Waals surface area (Å²) in [6.45, 7) is 0.665. The van der Waals surface area contributed by atoms with Crippen molar-refractivity contribution in [2.45, 2.75) is 6.54 Å². The Hall–Kier alpha value is -2.84. The SMILES string of the molecule is O=C(/C=C/c1ccc(F)c(Cl)c1)NNC(=S)NCc1ccc2c(c1)OCO2. The minimum atomic E-state index is -0.515. The smallest absolute Gasteiger partial charge is 0.262 e. The van der Waals surface area contributed by atoms with Crippen LogP contribution in [0.5, 0.6) is 11.5 Å². The van der Waals surface area contributed by atoms with E-state index in [0.29, 0.717) is 23.6 Å². The van der Waals surface area contributed by atoms with E-state index >= 15 is 0 Å². The third kappa shape index (κ3) is 5.32. The van der Waals surface area contributed by atoms with Gasteiger partial charge in [0.2, 0.25) is 6.79 Å². The van der Waals surface area contributed by atoms with Gasteiger partial charge in [0, 0.05) is 12.6 Å². The van der Waals surface area contributed by atoms with Crippen molar-refractivity contribution in [2.24, 2.45) is 0 Å². The molecule has 1 heterocycles. The summed E-state index contributed by atoms with van der Waals surface area (Å²) >= 11 is 10.8. The first kappa shape index (κ1) is 18.9. The van der Waals surface area contributed by atoms with E-state index in [1.165, 1.54) is 30.4 Å². The summed E-state index contributed by atoms with van der Waals surface area (Å²) in [6, 6.07) is 9.73. The molecule has 2 aromatic carbocycles. The van der Waals surface area contributed by atoms with Crippen molar-refractivity contribution in [1.29, 1.82) is 0 Å². The highest BCUT2D eigenvalue weighted by atomic mass is 35.5. The summed E-state index contributed by atoms with van der Waals surface area (Å²) in [5.74, 6) is 0.454. The first-order valence-electron chi connectivity index (χ1n) is 7.87. The number of nitrogens with one attached hydrogen (secondary N) is 3. The predicted octanol–water partition coefficient (Wildman–Crippen LogP) is 2.92. The molecule has 0 radical (unpaired) electrons. The van der Waals surface area contributed by atoms with E-state index in [0.717, 1.165) is 5.56 Å². The molecule has 2 aromatic rings. The minimum Gasteiger partial charge on any atom is -0.454 e. The van der Waals surface area contributed by atoms with Crippen LogP contribution in [0.2, 0.25) is 5.02 Å². The molecule has 1 aliphatic rings. The quantitative estimate of drug-likeness (QED) is 0.411. The lowest BCUT2D eigenvalue weighted by molar-refractivity contribution is -0.116. The molecular weight excluding hydrogens is 393 g/mol. The third-order valence-electron chi connectivity index (χ3n) is 3.56. The molecule has 0 fully saturated rings. The molecular formula is C18H15ClFN3O3S. The number of fused-ring (bicyclic) bond motifs is 1. The highest BCUT2D eigenvalue weighted by Gasteiger charge is 2.13. The molecule has 0 unspecified atom stereocenters. The Balaban J connectivity index is 1.42. The Morgan fingerprint density at radius 2 is 2.00 bits per heavy atom. The molecule has 140 valence electrons. The van der Waals surface area contributed by atoms with Crippen molar-refractivity contribution in [1.82, 2.24) is 16.2 Å². The van der Waals surface area contributed by atoms with Crippen LogP contribution in [0.4, 0.5) is 4.39 Å². The zero-order valence-electron chi connectivity index (χ0n) is 13.9. The fourth-order valence-corrected chi connectivity index (χ4v) is 2.54. The zero-order chi connectivity index (χ0) is 19.2. The van der Waals surface area contributed by atoms with E-state index < -0.39 is 11.7 Å². The fourth-order valence-electron chi connectivity index (χ4n) is 2.23.